The number of ether oxygens (including phenoxy) is 1. The van der Waals surface area contributed by atoms with Crippen molar-refractivity contribution in [3.05, 3.63) is 47.0 Å². The van der Waals surface area contributed by atoms with Crippen LogP contribution in [0.25, 0.3) is 0 Å². The van der Waals surface area contributed by atoms with Crippen molar-refractivity contribution in [2.24, 2.45) is 0 Å². The topological polar surface area (TPSA) is 94.3 Å². The van der Waals surface area contributed by atoms with Gasteiger partial charge in [0, 0.05) is 11.8 Å². The van der Waals surface area contributed by atoms with Crippen LogP contribution < -0.4 is 11.1 Å². The van der Waals surface area contributed by atoms with Crippen LogP contribution in [0, 0.1) is 0 Å². The van der Waals surface area contributed by atoms with Crippen LogP contribution in [-0.2, 0) is 16.0 Å². The van der Waals surface area contributed by atoms with Crippen molar-refractivity contribution in [1.82, 2.24) is 10.3 Å². The van der Waals surface area contributed by atoms with E-state index in [2.05, 4.69) is 10.3 Å². The quantitative estimate of drug-likeness (QED) is 0.811. The van der Waals surface area contributed by atoms with E-state index in [1.807, 2.05) is 30.3 Å². The van der Waals surface area contributed by atoms with Crippen molar-refractivity contribution in [2.45, 2.75) is 12.5 Å². The number of amides is 1. The van der Waals surface area contributed by atoms with E-state index in [0.29, 0.717) is 11.6 Å². The molecule has 0 aliphatic rings. The first-order valence-electron chi connectivity index (χ1n) is 6.23. The molecule has 2 rings (SSSR count). The molecule has 2 aromatic rings. The molecule has 1 aromatic heterocycles. The summed E-state index contributed by atoms with van der Waals surface area (Å²) in [6.45, 7) is 0. The molecule has 7 heteroatoms. The average Bonchev–Trinajstić information content (AvgIpc) is 2.93. The summed E-state index contributed by atoms with van der Waals surface area (Å²) in [6.07, 6.45) is 0.346. The van der Waals surface area contributed by atoms with Crippen molar-refractivity contribution >= 4 is 28.3 Å². The predicted octanol–water partition coefficient (Wildman–Crippen LogP) is 1.24. The summed E-state index contributed by atoms with van der Waals surface area (Å²) in [5.74, 6) is -0.954. The number of benzene rings is 1. The highest BCUT2D eigenvalue weighted by molar-refractivity contribution is 7.13. The summed E-state index contributed by atoms with van der Waals surface area (Å²) in [5, 5.41) is 4.47. The predicted molar refractivity (Wildman–Crippen MR) is 79.9 cm³/mol. The van der Waals surface area contributed by atoms with Crippen molar-refractivity contribution < 1.29 is 14.3 Å². The van der Waals surface area contributed by atoms with Gasteiger partial charge in [0.1, 0.15) is 11.7 Å². The summed E-state index contributed by atoms with van der Waals surface area (Å²) < 4.78 is 4.73. The normalized spacial score (nSPS) is 11.7. The molecule has 0 saturated heterocycles. The summed E-state index contributed by atoms with van der Waals surface area (Å²) in [7, 11) is 1.29. The molecule has 1 unspecified atom stereocenters. The average molecular weight is 305 g/mol. The Bertz CT molecular complexity index is 627. The highest BCUT2D eigenvalue weighted by atomic mass is 32.1. The minimum atomic E-state index is -0.771. The molecule has 1 amide bonds. The summed E-state index contributed by atoms with van der Waals surface area (Å²) in [4.78, 5) is 27.7. The Labute approximate surface area is 125 Å². The maximum atomic E-state index is 12.0. The van der Waals surface area contributed by atoms with E-state index in [4.69, 9.17) is 10.5 Å². The summed E-state index contributed by atoms with van der Waals surface area (Å²) in [5.41, 5.74) is 6.61. The largest absolute Gasteiger partial charge is 0.467 e. The monoisotopic (exact) mass is 305 g/mol. The van der Waals surface area contributed by atoms with Crippen LogP contribution in [0.3, 0.4) is 0 Å². The second-order valence-electron chi connectivity index (χ2n) is 4.31. The van der Waals surface area contributed by atoms with Gasteiger partial charge >= 0.3 is 5.97 Å². The third kappa shape index (κ3) is 4.03. The number of carbonyl (C=O) groups excluding carboxylic acids is 2. The van der Waals surface area contributed by atoms with Gasteiger partial charge in [-0.25, -0.2) is 9.78 Å². The second-order valence-corrected chi connectivity index (χ2v) is 5.20. The van der Waals surface area contributed by atoms with Gasteiger partial charge in [-0.05, 0) is 5.56 Å². The molecule has 3 N–H and O–H groups in total. The number of carbonyl (C=O) groups is 2. The second kappa shape index (κ2) is 6.85. The number of anilines is 1. The fourth-order valence-corrected chi connectivity index (χ4v) is 2.35. The molecule has 0 bridgehead atoms. The fourth-order valence-electron chi connectivity index (χ4n) is 1.81. The maximum Gasteiger partial charge on any atom is 0.328 e. The molecule has 1 atom stereocenters. The van der Waals surface area contributed by atoms with Gasteiger partial charge in [0.2, 0.25) is 0 Å². The zero-order chi connectivity index (χ0) is 15.2. The van der Waals surface area contributed by atoms with Gasteiger partial charge in [0.05, 0.1) is 7.11 Å². The van der Waals surface area contributed by atoms with E-state index in [-0.39, 0.29) is 5.69 Å². The number of nitrogen functional groups attached to an aromatic ring is 1. The van der Waals surface area contributed by atoms with Crippen LogP contribution in [0.4, 0.5) is 5.13 Å². The van der Waals surface area contributed by atoms with Crippen LogP contribution in [0.5, 0.6) is 0 Å². The lowest BCUT2D eigenvalue weighted by Gasteiger charge is -2.15. The molecule has 1 heterocycles. The van der Waals surface area contributed by atoms with E-state index in [1.54, 1.807) is 5.38 Å². The van der Waals surface area contributed by atoms with Crippen molar-refractivity contribution in [2.75, 3.05) is 12.8 Å². The molecule has 6 nitrogen and oxygen atoms in total. The summed E-state index contributed by atoms with van der Waals surface area (Å²) in [6, 6.07) is 8.60. The number of thiazole rings is 1. The zero-order valence-corrected chi connectivity index (χ0v) is 12.2. The molecular weight excluding hydrogens is 290 g/mol. The SMILES string of the molecule is COC(=O)C(Cc1ccccc1)NC(=O)c1csc(N)n1. The Morgan fingerprint density at radius 2 is 2.10 bits per heavy atom. The number of nitrogens with one attached hydrogen (secondary N) is 1. The Hall–Kier alpha value is -2.41. The molecule has 0 radical (unpaired) electrons. The lowest BCUT2D eigenvalue weighted by molar-refractivity contribution is -0.142. The number of nitrogens with zero attached hydrogens (tertiary/aromatic N) is 1. The van der Waals surface area contributed by atoms with Gasteiger partial charge in [-0.2, -0.15) is 0 Å². The highest BCUT2D eigenvalue weighted by Gasteiger charge is 2.23. The van der Waals surface area contributed by atoms with Gasteiger partial charge < -0.3 is 15.8 Å². The number of hydrogen-bond donors (Lipinski definition) is 2. The number of rotatable bonds is 5. The highest BCUT2D eigenvalue weighted by Crippen LogP contribution is 2.11. The molecule has 0 aliphatic heterocycles. The van der Waals surface area contributed by atoms with Crippen molar-refractivity contribution in [3.63, 3.8) is 0 Å². The number of nitrogens with two attached hydrogens (primary N) is 1. The molecule has 0 saturated carbocycles. The molecule has 0 spiro atoms. The minimum absolute atomic E-state index is 0.194. The lowest BCUT2D eigenvalue weighted by atomic mass is 10.1. The smallest absolute Gasteiger partial charge is 0.328 e. The van der Waals surface area contributed by atoms with Crippen LogP contribution >= 0.6 is 11.3 Å². The molecule has 0 fully saturated rings. The van der Waals surface area contributed by atoms with Gasteiger partial charge in [-0.1, -0.05) is 30.3 Å². The van der Waals surface area contributed by atoms with Crippen molar-refractivity contribution in [1.29, 1.82) is 0 Å². The third-order valence-electron chi connectivity index (χ3n) is 2.83. The van der Waals surface area contributed by atoms with Crippen LogP contribution in [0.15, 0.2) is 35.7 Å². The molecular formula is C14H15N3O3S. The molecule has 1 aromatic carbocycles. The number of hydrogen-bond acceptors (Lipinski definition) is 6. The summed E-state index contributed by atoms with van der Waals surface area (Å²) >= 11 is 1.17. The van der Waals surface area contributed by atoms with Crippen LogP contribution in [-0.4, -0.2) is 30.0 Å². The first-order chi connectivity index (χ1) is 10.1. The van der Waals surface area contributed by atoms with Gasteiger partial charge in [-0.3, -0.25) is 4.79 Å². The Morgan fingerprint density at radius 1 is 1.38 bits per heavy atom. The van der Waals surface area contributed by atoms with Crippen LogP contribution in [0.1, 0.15) is 16.1 Å². The van der Waals surface area contributed by atoms with Gasteiger partial charge in [0.15, 0.2) is 5.13 Å². The van der Waals surface area contributed by atoms with E-state index in [9.17, 15) is 9.59 Å². The third-order valence-corrected chi connectivity index (χ3v) is 3.50. The first-order valence-corrected chi connectivity index (χ1v) is 7.11. The van der Waals surface area contributed by atoms with Crippen molar-refractivity contribution in [3.8, 4) is 0 Å². The Morgan fingerprint density at radius 3 is 2.67 bits per heavy atom. The van der Waals surface area contributed by atoms with E-state index in [0.717, 1.165) is 5.56 Å². The standard InChI is InChI=1S/C14H15N3O3S/c1-20-13(19)10(7-9-5-3-2-4-6-9)16-12(18)11-8-21-14(15)17-11/h2-6,8,10H,7H2,1H3,(H2,15,17)(H,16,18). The Balaban J connectivity index is 2.09. The maximum absolute atomic E-state index is 12.0. The number of aromatic nitrogens is 1. The number of esters is 1. The van der Waals surface area contributed by atoms with E-state index in [1.165, 1.54) is 18.4 Å². The fraction of sp³-hybridized carbons (Fsp3) is 0.214. The van der Waals surface area contributed by atoms with E-state index >= 15 is 0 Å². The Kier molecular flexibility index (Phi) is 4.89. The zero-order valence-electron chi connectivity index (χ0n) is 11.4. The van der Waals surface area contributed by atoms with Gasteiger partial charge in [-0.15, -0.1) is 11.3 Å². The van der Waals surface area contributed by atoms with E-state index < -0.39 is 17.9 Å². The lowest BCUT2D eigenvalue weighted by Crippen LogP contribution is -2.43. The van der Waals surface area contributed by atoms with Crippen LogP contribution in [0.2, 0.25) is 0 Å². The molecule has 0 aliphatic carbocycles. The number of methoxy groups -OCH3 is 1. The molecule has 21 heavy (non-hydrogen) atoms. The first kappa shape index (κ1) is 15.0. The minimum Gasteiger partial charge on any atom is -0.467 e. The molecule has 110 valence electrons. The van der Waals surface area contributed by atoms with Gasteiger partial charge in [0.25, 0.3) is 5.91 Å².